The maximum Gasteiger partial charge on any atom is 0.309 e. The smallest absolute Gasteiger partial charge is 0.309 e. The number of Topliss-reactive ketones (excluding diaryl/α,β-unsaturated/α-hetero) is 1. The number of benzene rings is 1. The van der Waals surface area contributed by atoms with Crippen LogP contribution in [-0.4, -0.2) is 59.5 Å². The van der Waals surface area contributed by atoms with Gasteiger partial charge in [0.25, 0.3) is 0 Å². The zero-order valence-electron chi connectivity index (χ0n) is 35.1. The Labute approximate surface area is 334 Å². The van der Waals surface area contributed by atoms with Crippen LogP contribution in [0.15, 0.2) is 35.4 Å². The molecule has 0 aromatic heterocycles. The normalized spacial score (nSPS) is 34.7. The van der Waals surface area contributed by atoms with Gasteiger partial charge in [-0.25, -0.2) is 0 Å². The topological polar surface area (TPSA) is 110 Å². The lowest BCUT2D eigenvalue weighted by molar-refractivity contribution is -0.215. The summed E-state index contributed by atoms with van der Waals surface area (Å²) < 4.78 is 12.5. The number of carbonyl (C=O) groups is 4. The van der Waals surface area contributed by atoms with Gasteiger partial charge in [0.05, 0.1) is 11.8 Å². The molecule has 0 radical (unpaired) electrons. The van der Waals surface area contributed by atoms with Crippen molar-refractivity contribution in [3.63, 3.8) is 0 Å². The maximum atomic E-state index is 14.3. The highest BCUT2D eigenvalue weighted by Crippen LogP contribution is 2.73. The summed E-state index contributed by atoms with van der Waals surface area (Å²) in [5.41, 5.74) is 1.62. The van der Waals surface area contributed by atoms with Gasteiger partial charge >= 0.3 is 17.9 Å². The summed E-state index contributed by atoms with van der Waals surface area (Å²) >= 11 is 6.17. The summed E-state index contributed by atoms with van der Waals surface area (Å²) in [7, 11) is 2.07. The number of ether oxygens (including phenoxy) is 2. The number of hydrogen-bond donors (Lipinski definition) is 1. The number of esters is 2. The Morgan fingerprint density at radius 2 is 1.60 bits per heavy atom. The van der Waals surface area contributed by atoms with Crippen molar-refractivity contribution in [2.75, 3.05) is 13.6 Å². The van der Waals surface area contributed by atoms with Gasteiger partial charge in [0.2, 0.25) is 0 Å². The van der Waals surface area contributed by atoms with Crippen LogP contribution in [0.1, 0.15) is 132 Å². The lowest BCUT2D eigenvalue weighted by Gasteiger charge is -2.69. The number of rotatable bonds is 11. The molecule has 1 N–H and O–H groups in total. The third kappa shape index (κ3) is 7.34. The monoisotopic (exact) mass is 779 g/mol. The molecule has 9 atom stereocenters. The third-order valence-corrected chi connectivity index (χ3v) is 16.0. The molecule has 9 heteroatoms. The minimum absolute atomic E-state index is 0.0602. The van der Waals surface area contributed by atoms with Gasteiger partial charge in [-0.2, -0.15) is 0 Å². The number of fused-ring (bicyclic) bond motifs is 7. The lowest BCUT2D eigenvalue weighted by Crippen LogP contribution is -2.63. The Morgan fingerprint density at radius 3 is 2.22 bits per heavy atom. The third-order valence-electron chi connectivity index (χ3n) is 15.8. The van der Waals surface area contributed by atoms with Crippen LogP contribution in [0.4, 0.5) is 0 Å². The highest BCUT2D eigenvalue weighted by Gasteiger charge is 2.67. The summed E-state index contributed by atoms with van der Waals surface area (Å²) in [6.45, 7) is 19.8. The largest absolute Gasteiger partial charge is 0.481 e. The van der Waals surface area contributed by atoms with Gasteiger partial charge < -0.3 is 14.6 Å². The molecule has 55 heavy (non-hydrogen) atoms. The molecule has 1 aromatic rings. The van der Waals surface area contributed by atoms with E-state index in [9.17, 15) is 24.3 Å². The van der Waals surface area contributed by atoms with E-state index in [4.69, 9.17) is 21.1 Å². The van der Waals surface area contributed by atoms with E-state index in [1.54, 1.807) is 13.8 Å². The van der Waals surface area contributed by atoms with Crippen molar-refractivity contribution >= 4 is 35.3 Å². The quantitative estimate of drug-likeness (QED) is 0.221. The van der Waals surface area contributed by atoms with Gasteiger partial charge in [0.1, 0.15) is 12.2 Å². The molecule has 4 saturated carbocycles. The van der Waals surface area contributed by atoms with E-state index in [0.29, 0.717) is 42.3 Å². The fourth-order valence-electron chi connectivity index (χ4n) is 13.4. The van der Waals surface area contributed by atoms with Crippen molar-refractivity contribution in [1.82, 2.24) is 4.90 Å². The van der Waals surface area contributed by atoms with Crippen LogP contribution in [0.3, 0.4) is 0 Å². The average Bonchev–Trinajstić information content (AvgIpc) is 3.39. The van der Waals surface area contributed by atoms with Crippen molar-refractivity contribution in [2.24, 2.45) is 56.7 Å². The second kappa shape index (κ2) is 14.9. The number of nitrogens with zero attached hydrogens (tertiary/aromatic N) is 1. The molecule has 5 aliphatic carbocycles. The van der Waals surface area contributed by atoms with Crippen LogP contribution in [0, 0.1) is 56.7 Å². The molecule has 0 amide bonds. The highest BCUT2D eigenvalue weighted by atomic mass is 35.5. The Kier molecular flexibility index (Phi) is 11.4. The van der Waals surface area contributed by atoms with E-state index in [0.717, 1.165) is 62.5 Å². The summed E-state index contributed by atoms with van der Waals surface area (Å²) in [5.74, 6) is 0.133. The molecule has 4 fully saturated rings. The zero-order chi connectivity index (χ0) is 40.5. The molecule has 8 nitrogen and oxygen atoms in total. The fourth-order valence-corrected chi connectivity index (χ4v) is 13.5. The first-order chi connectivity index (χ1) is 25.6. The van der Waals surface area contributed by atoms with Crippen LogP contribution >= 0.6 is 11.6 Å². The molecule has 0 spiro atoms. The number of hydrogen-bond acceptors (Lipinski definition) is 7. The summed E-state index contributed by atoms with van der Waals surface area (Å²) in [4.78, 5) is 54.2. The standard InChI is InChI=1S/C46H66ClNO7/c1-27(2)39-33(50)23-46(37(54-28(3)49)26-48(10)25-29-11-13-30(47)14-12-29)22-17-32-31(40(39)46)15-16-35-44(32,8)20-18-34-43(6,7)36(19-21-45(34,35)9)55-38(51)24-42(4,5)41(52)53/h11-14,27,31-32,34-37H,15-26H2,1-10H3,(H,52,53). The molecule has 0 saturated heterocycles. The Balaban J connectivity index is 1.28. The van der Waals surface area contributed by atoms with Gasteiger partial charge in [-0.15, -0.1) is 0 Å². The van der Waals surface area contributed by atoms with E-state index in [-0.39, 0.29) is 52.4 Å². The SMILES string of the molecule is CC(=O)OC(CN(C)Cc1ccc(Cl)cc1)C12CCC3C(CCC4C3(C)CCC3C(C)(C)C(OC(=O)CC(C)(C)C(=O)O)CCC34C)C1=C(C(C)C)C(=O)C2. The van der Waals surface area contributed by atoms with E-state index >= 15 is 0 Å². The summed E-state index contributed by atoms with van der Waals surface area (Å²) in [5, 5.41) is 10.3. The Hall–Kier alpha value is -2.71. The molecule has 0 aliphatic heterocycles. The van der Waals surface area contributed by atoms with Crippen LogP contribution < -0.4 is 0 Å². The molecule has 1 aromatic carbocycles. The molecule has 304 valence electrons. The molecular formula is C46H66ClNO7. The number of allylic oxidation sites excluding steroid dienone is 1. The van der Waals surface area contributed by atoms with Gasteiger partial charge in [-0.05, 0) is 142 Å². The number of carboxylic acids is 1. The number of aliphatic carboxylic acids is 1. The van der Waals surface area contributed by atoms with E-state index in [2.05, 4.69) is 53.5 Å². The molecular weight excluding hydrogens is 714 g/mol. The maximum absolute atomic E-state index is 14.3. The van der Waals surface area contributed by atoms with Crippen molar-refractivity contribution in [3.05, 3.63) is 46.0 Å². The van der Waals surface area contributed by atoms with Gasteiger partial charge in [-0.1, -0.05) is 65.3 Å². The van der Waals surface area contributed by atoms with E-state index in [1.807, 2.05) is 24.3 Å². The summed E-state index contributed by atoms with van der Waals surface area (Å²) in [6.07, 6.45) is 7.37. The van der Waals surface area contributed by atoms with Crippen LogP contribution in [-0.2, 0) is 35.2 Å². The van der Waals surface area contributed by atoms with Crippen molar-refractivity contribution in [2.45, 2.75) is 145 Å². The van der Waals surface area contributed by atoms with Crippen molar-refractivity contribution in [3.8, 4) is 0 Å². The second-order valence-corrected chi connectivity index (χ2v) is 20.8. The van der Waals surface area contributed by atoms with E-state index < -0.39 is 28.9 Å². The van der Waals surface area contributed by atoms with Crippen molar-refractivity contribution in [1.29, 1.82) is 0 Å². The summed E-state index contributed by atoms with van der Waals surface area (Å²) in [6, 6.07) is 7.86. The molecule has 0 heterocycles. The molecule has 5 aliphatic rings. The molecule has 9 unspecified atom stereocenters. The van der Waals surface area contributed by atoms with Crippen LogP contribution in [0.2, 0.25) is 5.02 Å². The number of ketones is 1. The Morgan fingerprint density at radius 1 is 0.945 bits per heavy atom. The minimum Gasteiger partial charge on any atom is -0.481 e. The number of likely N-dealkylation sites (N-methyl/N-ethyl adjacent to an activating group) is 1. The van der Waals surface area contributed by atoms with Crippen molar-refractivity contribution < 1.29 is 33.8 Å². The zero-order valence-corrected chi connectivity index (χ0v) is 35.8. The van der Waals surface area contributed by atoms with Crippen LogP contribution in [0.5, 0.6) is 0 Å². The van der Waals surface area contributed by atoms with Gasteiger partial charge in [0, 0.05) is 42.3 Å². The fraction of sp³-hybridized carbons (Fsp3) is 0.739. The number of carboxylic acid groups (broad SMARTS) is 1. The first-order valence-electron chi connectivity index (χ1n) is 20.9. The highest BCUT2D eigenvalue weighted by molar-refractivity contribution is 6.30. The first-order valence-corrected chi connectivity index (χ1v) is 21.3. The van der Waals surface area contributed by atoms with Gasteiger partial charge in [0.15, 0.2) is 5.78 Å². The van der Waals surface area contributed by atoms with Gasteiger partial charge in [-0.3, -0.25) is 24.1 Å². The predicted octanol–water partition coefficient (Wildman–Crippen LogP) is 9.71. The first kappa shape index (κ1) is 41.9. The van der Waals surface area contributed by atoms with E-state index in [1.165, 1.54) is 12.5 Å². The number of halogens is 1. The second-order valence-electron chi connectivity index (χ2n) is 20.3. The average molecular weight is 780 g/mol. The molecule has 6 rings (SSSR count). The predicted molar refractivity (Wildman–Crippen MR) is 214 cm³/mol. The Bertz CT molecular complexity index is 1710. The lowest BCUT2D eigenvalue weighted by atomic mass is 9.36. The minimum atomic E-state index is -1.17. The molecule has 0 bridgehead atoms. The van der Waals surface area contributed by atoms with Crippen LogP contribution in [0.25, 0.3) is 0 Å². The number of carbonyl (C=O) groups excluding carboxylic acids is 3.